The van der Waals surface area contributed by atoms with E-state index in [-0.39, 0.29) is 0 Å². The minimum Gasteiger partial charge on any atom is -0.492 e. The molecule has 4 nitrogen and oxygen atoms in total. The molecule has 2 aromatic carbocycles. The number of hydrogen-bond donors (Lipinski definition) is 0. The van der Waals surface area contributed by atoms with E-state index in [1.807, 2.05) is 12.1 Å². The van der Waals surface area contributed by atoms with Crippen LogP contribution in [0.2, 0.25) is 10.0 Å². The van der Waals surface area contributed by atoms with Crippen LogP contribution in [0.1, 0.15) is 16.8 Å². The van der Waals surface area contributed by atoms with Gasteiger partial charge in [-0.05, 0) is 36.8 Å². The lowest BCUT2D eigenvalue weighted by molar-refractivity contribution is -0.114. The normalized spacial score (nSPS) is 13.4. The van der Waals surface area contributed by atoms with Crippen molar-refractivity contribution in [3.05, 3.63) is 58.1 Å². The quantitative estimate of drug-likeness (QED) is 0.605. The van der Waals surface area contributed by atoms with Crippen LogP contribution in [0.4, 0.5) is 5.69 Å². The minimum absolute atomic E-state index is 0.356. The molecule has 0 unspecified atom stereocenters. The summed E-state index contributed by atoms with van der Waals surface area (Å²) in [6, 6.07) is 12.1. The molecule has 6 heteroatoms. The number of carbonyl (C=O) groups is 2. The van der Waals surface area contributed by atoms with E-state index in [0.717, 1.165) is 0 Å². The van der Waals surface area contributed by atoms with Crippen molar-refractivity contribution in [1.82, 2.24) is 0 Å². The van der Waals surface area contributed by atoms with Crippen LogP contribution >= 0.6 is 23.2 Å². The Balaban J connectivity index is 1.62. The van der Waals surface area contributed by atoms with Gasteiger partial charge in [-0.1, -0.05) is 35.3 Å². The Kier molecular flexibility index (Phi) is 4.55. The maximum Gasteiger partial charge on any atom is 0.299 e. The first kappa shape index (κ1) is 15.8. The summed E-state index contributed by atoms with van der Waals surface area (Å²) in [4.78, 5) is 25.5. The Bertz CT molecular complexity index is 776. The molecule has 0 spiro atoms. The highest BCUT2D eigenvalue weighted by molar-refractivity contribution is 6.52. The molecule has 0 N–H and O–H groups in total. The van der Waals surface area contributed by atoms with Gasteiger partial charge in [-0.25, -0.2) is 0 Å². The van der Waals surface area contributed by atoms with E-state index in [1.54, 1.807) is 24.3 Å². The highest BCUT2D eigenvalue weighted by Gasteiger charge is 2.35. The molecular formula is C17H13Cl2NO3. The molecule has 0 saturated heterocycles. The van der Waals surface area contributed by atoms with Gasteiger partial charge in [-0.2, -0.15) is 0 Å². The third kappa shape index (κ3) is 3.19. The summed E-state index contributed by atoms with van der Waals surface area (Å²) in [7, 11) is 0. The Morgan fingerprint density at radius 2 is 1.83 bits per heavy atom. The van der Waals surface area contributed by atoms with Crippen molar-refractivity contribution in [1.29, 1.82) is 0 Å². The van der Waals surface area contributed by atoms with Gasteiger partial charge in [-0.3, -0.25) is 9.59 Å². The van der Waals surface area contributed by atoms with Crippen molar-refractivity contribution in [3.8, 4) is 5.75 Å². The molecule has 0 saturated carbocycles. The fourth-order valence-electron chi connectivity index (χ4n) is 2.46. The Labute approximate surface area is 143 Å². The van der Waals surface area contributed by atoms with Crippen LogP contribution in [-0.4, -0.2) is 24.8 Å². The number of amides is 1. The predicted molar refractivity (Wildman–Crippen MR) is 89.7 cm³/mol. The second kappa shape index (κ2) is 6.60. The fraction of sp³-hybridized carbons (Fsp3) is 0.176. The van der Waals surface area contributed by atoms with Gasteiger partial charge in [0.05, 0.1) is 22.9 Å². The van der Waals surface area contributed by atoms with Gasteiger partial charge in [0, 0.05) is 11.6 Å². The molecule has 0 aromatic heterocycles. The number of para-hydroxylation sites is 1. The van der Waals surface area contributed by atoms with Crippen molar-refractivity contribution in [3.63, 3.8) is 0 Å². The smallest absolute Gasteiger partial charge is 0.299 e. The first-order chi connectivity index (χ1) is 11.1. The average Bonchev–Trinajstić information content (AvgIpc) is 2.77. The van der Waals surface area contributed by atoms with Gasteiger partial charge in [0.15, 0.2) is 0 Å². The van der Waals surface area contributed by atoms with Crippen molar-refractivity contribution in [2.75, 3.05) is 18.1 Å². The second-order valence-corrected chi connectivity index (χ2v) is 5.92. The first-order valence-electron chi connectivity index (χ1n) is 7.11. The fourth-order valence-corrected chi connectivity index (χ4v) is 2.82. The van der Waals surface area contributed by atoms with E-state index < -0.39 is 11.7 Å². The lowest BCUT2D eigenvalue weighted by Crippen LogP contribution is -2.31. The van der Waals surface area contributed by atoms with Gasteiger partial charge in [0.2, 0.25) is 0 Å². The molecule has 0 radical (unpaired) electrons. The Morgan fingerprint density at radius 1 is 1.04 bits per heavy atom. The molecular weight excluding hydrogens is 337 g/mol. The van der Waals surface area contributed by atoms with E-state index in [4.69, 9.17) is 27.9 Å². The number of anilines is 1. The number of Topliss-reactive ketones (excluding diaryl/α,β-unsaturated/α-hetero) is 1. The molecule has 23 heavy (non-hydrogen) atoms. The zero-order valence-corrected chi connectivity index (χ0v) is 13.6. The lowest BCUT2D eigenvalue weighted by Gasteiger charge is -2.16. The van der Waals surface area contributed by atoms with Crippen LogP contribution < -0.4 is 9.64 Å². The molecule has 0 atom stereocenters. The van der Waals surface area contributed by atoms with Crippen molar-refractivity contribution < 1.29 is 14.3 Å². The number of rotatable bonds is 5. The third-order valence-corrected chi connectivity index (χ3v) is 4.10. The van der Waals surface area contributed by atoms with Gasteiger partial charge in [-0.15, -0.1) is 0 Å². The molecule has 1 heterocycles. The Morgan fingerprint density at radius 3 is 2.61 bits per heavy atom. The van der Waals surface area contributed by atoms with Crippen LogP contribution in [-0.2, 0) is 4.79 Å². The maximum absolute atomic E-state index is 12.1. The van der Waals surface area contributed by atoms with Crippen LogP contribution in [0.3, 0.4) is 0 Å². The summed E-state index contributed by atoms with van der Waals surface area (Å²) >= 11 is 11.9. The average molecular weight is 350 g/mol. The summed E-state index contributed by atoms with van der Waals surface area (Å²) in [5.74, 6) is -0.445. The zero-order valence-electron chi connectivity index (χ0n) is 12.1. The number of carbonyl (C=O) groups excluding carboxylic acids is 2. The van der Waals surface area contributed by atoms with E-state index in [2.05, 4.69) is 0 Å². The lowest BCUT2D eigenvalue weighted by atomic mass is 10.1. The number of halogens is 2. The molecule has 0 aliphatic carbocycles. The number of benzene rings is 2. The van der Waals surface area contributed by atoms with E-state index in [0.29, 0.717) is 46.6 Å². The van der Waals surface area contributed by atoms with Gasteiger partial charge in [0.25, 0.3) is 11.7 Å². The maximum atomic E-state index is 12.1. The number of nitrogens with zero attached hydrogens (tertiary/aromatic N) is 1. The standard InChI is InChI=1S/C17H13Cl2NO3/c18-11-6-7-14-12(10-11)16(21)17(22)20(14)8-3-9-23-15-5-2-1-4-13(15)19/h1-2,4-7,10H,3,8-9H2. The molecule has 1 amide bonds. The summed E-state index contributed by atoms with van der Waals surface area (Å²) in [5.41, 5.74) is 0.955. The first-order valence-corrected chi connectivity index (χ1v) is 7.86. The Hall–Kier alpha value is -2.04. The zero-order chi connectivity index (χ0) is 16.4. The summed E-state index contributed by atoms with van der Waals surface area (Å²) in [6.45, 7) is 0.786. The largest absolute Gasteiger partial charge is 0.492 e. The number of fused-ring (bicyclic) bond motifs is 1. The van der Waals surface area contributed by atoms with Crippen LogP contribution in [0.5, 0.6) is 5.75 Å². The van der Waals surface area contributed by atoms with Gasteiger partial charge < -0.3 is 9.64 Å². The van der Waals surface area contributed by atoms with Crippen LogP contribution in [0, 0.1) is 0 Å². The van der Waals surface area contributed by atoms with Crippen molar-refractivity contribution in [2.45, 2.75) is 6.42 Å². The van der Waals surface area contributed by atoms with Gasteiger partial charge >= 0.3 is 0 Å². The summed E-state index contributed by atoms with van der Waals surface area (Å²) in [6.07, 6.45) is 0.576. The third-order valence-electron chi connectivity index (χ3n) is 3.55. The summed E-state index contributed by atoms with van der Waals surface area (Å²) in [5, 5.41) is 0.980. The summed E-state index contributed by atoms with van der Waals surface area (Å²) < 4.78 is 5.59. The SMILES string of the molecule is O=C1C(=O)N(CCCOc2ccccc2Cl)c2ccc(Cl)cc21. The molecule has 0 bridgehead atoms. The van der Waals surface area contributed by atoms with E-state index in [9.17, 15) is 9.59 Å². The predicted octanol–water partition coefficient (Wildman–Crippen LogP) is 3.99. The van der Waals surface area contributed by atoms with E-state index in [1.165, 1.54) is 11.0 Å². The number of hydrogen-bond acceptors (Lipinski definition) is 3. The minimum atomic E-state index is -0.528. The van der Waals surface area contributed by atoms with Crippen molar-refractivity contribution >= 4 is 40.6 Å². The number of ether oxygens (including phenoxy) is 1. The number of ketones is 1. The molecule has 1 aliphatic heterocycles. The monoisotopic (exact) mass is 349 g/mol. The topological polar surface area (TPSA) is 46.6 Å². The molecule has 3 rings (SSSR count). The van der Waals surface area contributed by atoms with E-state index >= 15 is 0 Å². The molecule has 0 fully saturated rings. The second-order valence-electron chi connectivity index (χ2n) is 5.08. The molecule has 1 aliphatic rings. The molecule has 2 aromatic rings. The van der Waals surface area contributed by atoms with Crippen LogP contribution in [0.25, 0.3) is 0 Å². The van der Waals surface area contributed by atoms with Gasteiger partial charge in [0.1, 0.15) is 5.75 Å². The van der Waals surface area contributed by atoms with Crippen molar-refractivity contribution in [2.24, 2.45) is 0 Å². The highest BCUT2D eigenvalue weighted by atomic mass is 35.5. The highest BCUT2D eigenvalue weighted by Crippen LogP contribution is 2.31. The molecule has 118 valence electrons. The van der Waals surface area contributed by atoms with Crippen LogP contribution in [0.15, 0.2) is 42.5 Å².